The number of hydrogen-bond acceptors (Lipinski definition) is 10. The number of nitrogens with zero attached hydrogens (tertiary/aromatic N) is 1. The van der Waals surface area contributed by atoms with E-state index in [0.29, 0.717) is 25.8 Å². The molecule has 0 aromatic heterocycles. The molecule has 275 valence electrons. The number of primary amides is 2. The summed E-state index contributed by atoms with van der Waals surface area (Å²) in [6, 6.07) is 2.84. The van der Waals surface area contributed by atoms with Crippen molar-refractivity contribution >= 4 is 47.6 Å². The lowest BCUT2D eigenvalue weighted by molar-refractivity contribution is -0.135. The topological polar surface area (TPSA) is 272 Å². The highest BCUT2D eigenvalue weighted by Crippen LogP contribution is 2.19. The average Bonchev–Trinajstić information content (AvgIpc) is 3.51. The van der Waals surface area contributed by atoms with Crippen molar-refractivity contribution in [1.29, 1.82) is 0 Å². The molecule has 1 aliphatic heterocycles. The molecule has 50 heavy (non-hydrogen) atoms. The minimum atomic E-state index is -1.51. The summed E-state index contributed by atoms with van der Waals surface area (Å²) in [6.45, 7) is 4.65. The van der Waals surface area contributed by atoms with E-state index in [0.717, 1.165) is 12.5 Å². The molecule has 1 radical (unpaired) electrons. The maximum atomic E-state index is 13.7. The molecule has 1 heterocycles. The number of amides is 7. The number of hydrogen-bond donors (Lipinski definition) is 8. The van der Waals surface area contributed by atoms with Crippen molar-refractivity contribution in [1.82, 2.24) is 31.5 Å². The van der Waals surface area contributed by atoms with Crippen LogP contribution in [-0.2, 0) is 44.8 Å². The highest BCUT2D eigenvalue weighted by atomic mass is 16.3. The fourth-order valence-corrected chi connectivity index (χ4v) is 5.52. The van der Waals surface area contributed by atoms with Gasteiger partial charge >= 0.3 is 0 Å². The van der Waals surface area contributed by atoms with Crippen molar-refractivity contribution in [3.8, 4) is 0 Å². The van der Waals surface area contributed by atoms with Gasteiger partial charge < -0.3 is 43.2 Å². The molecule has 6 atom stereocenters. The first-order valence-electron chi connectivity index (χ1n) is 16.5. The monoisotopic (exact) mass is 701 g/mol. The second-order valence-corrected chi connectivity index (χ2v) is 12.6. The molecule has 1 aromatic rings. The fraction of sp³-hybridized carbons (Fsp3) is 0.576. The van der Waals surface area contributed by atoms with Gasteiger partial charge in [0.1, 0.15) is 18.1 Å². The maximum absolute atomic E-state index is 13.7. The van der Waals surface area contributed by atoms with Crippen LogP contribution >= 0.6 is 0 Å². The molecule has 7 amide bonds. The third-order valence-corrected chi connectivity index (χ3v) is 8.11. The van der Waals surface area contributed by atoms with E-state index in [2.05, 4.69) is 26.6 Å². The van der Waals surface area contributed by atoms with Gasteiger partial charge in [-0.1, -0.05) is 44.2 Å². The van der Waals surface area contributed by atoms with Crippen molar-refractivity contribution in [3.05, 3.63) is 35.9 Å². The summed E-state index contributed by atoms with van der Waals surface area (Å²) >= 11 is 0. The Morgan fingerprint density at radius 3 is 2.06 bits per heavy atom. The molecule has 0 saturated carbocycles. The van der Waals surface area contributed by atoms with Crippen LogP contribution in [0.25, 0.3) is 0 Å². The fourth-order valence-electron chi connectivity index (χ4n) is 5.52. The Kier molecular flexibility index (Phi) is 17.0. The Balaban J connectivity index is 2.30. The minimum absolute atomic E-state index is 0.161. The Bertz CT molecular complexity index is 1360. The third-order valence-electron chi connectivity index (χ3n) is 8.11. The molecular formula is C33H49N8O9. The third kappa shape index (κ3) is 13.9. The van der Waals surface area contributed by atoms with Crippen molar-refractivity contribution < 1.29 is 43.5 Å². The number of carbonyl (C=O) groups is 7. The Morgan fingerprint density at radius 1 is 0.880 bits per heavy atom. The second kappa shape index (κ2) is 20.6. The molecule has 17 heteroatoms. The first kappa shape index (κ1) is 41.3. The molecule has 0 spiro atoms. The molecule has 1 aliphatic rings. The molecule has 1 saturated heterocycles. The highest BCUT2D eigenvalue weighted by Gasteiger charge is 2.35. The van der Waals surface area contributed by atoms with Crippen molar-refractivity contribution in [2.24, 2.45) is 17.4 Å². The van der Waals surface area contributed by atoms with E-state index in [1.54, 1.807) is 13.8 Å². The predicted molar refractivity (Wildman–Crippen MR) is 180 cm³/mol. The smallest absolute Gasteiger partial charge is 0.245 e. The standard InChI is InChI=1S/C33H49N8O9/c1-19(2)25(17-42)40-33(50)27-10-7-13-41(27)16-22(14-21-8-5-4-6-9-21)37-31(48)24(15-29(35)46)39-30(47)23(11-12-28(34)45)38-32(49)26(18-43)36-20(3)44/h4-6,8-9,19,22-27,43H,7,10-16,18H2,1-3H3,(H2,34,45)(H2,35,46)(H,36,44)(H,37,48)(H,38,49)(H,39,47)(H,40,50). The van der Waals surface area contributed by atoms with Crippen LogP contribution in [0.5, 0.6) is 0 Å². The van der Waals surface area contributed by atoms with Gasteiger partial charge in [-0.05, 0) is 43.7 Å². The Labute approximate surface area is 291 Å². The van der Waals surface area contributed by atoms with Crippen LogP contribution in [0.4, 0.5) is 0 Å². The van der Waals surface area contributed by atoms with E-state index in [-0.39, 0.29) is 31.2 Å². The first-order valence-corrected chi connectivity index (χ1v) is 16.5. The average molecular weight is 702 g/mol. The van der Waals surface area contributed by atoms with E-state index in [1.165, 1.54) is 0 Å². The van der Waals surface area contributed by atoms with Crippen LogP contribution in [0.15, 0.2) is 30.3 Å². The Hall–Kier alpha value is -4.90. The number of nitrogens with one attached hydrogen (secondary N) is 5. The summed E-state index contributed by atoms with van der Waals surface area (Å²) in [5.41, 5.74) is 11.5. The molecule has 2 rings (SSSR count). The van der Waals surface area contributed by atoms with Gasteiger partial charge in [0.05, 0.1) is 25.1 Å². The van der Waals surface area contributed by atoms with Crippen LogP contribution in [0.1, 0.15) is 58.4 Å². The molecule has 0 bridgehead atoms. The predicted octanol–water partition coefficient (Wildman–Crippen LogP) is -2.96. The molecule has 10 N–H and O–H groups in total. The largest absolute Gasteiger partial charge is 0.394 e. The number of benzene rings is 1. The van der Waals surface area contributed by atoms with Crippen LogP contribution < -0.4 is 38.1 Å². The SMILES string of the molecule is CC(=O)NC(CO)C(=O)NC(CCC(N)=O)C(=O)NC(CC(N)=O)C(=O)NC(Cc1ccccc1)CN1CCCC1C(=O)NC([C]=O)C(C)C. The zero-order valence-electron chi connectivity index (χ0n) is 28.6. The molecule has 1 aromatic carbocycles. The van der Waals surface area contributed by atoms with Gasteiger partial charge in [-0.2, -0.15) is 0 Å². The van der Waals surface area contributed by atoms with Crippen LogP contribution in [0.3, 0.4) is 0 Å². The van der Waals surface area contributed by atoms with Gasteiger partial charge in [-0.15, -0.1) is 0 Å². The first-order chi connectivity index (χ1) is 23.6. The zero-order chi connectivity index (χ0) is 37.4. The van der Waals surface area contributed by atoms with Gasteiger partial charge in [-0.3, -0.25) is 43.3 Å². The number of likely N-dealkylation sites (tertiary alicyclic amines) is 1. The van der Waals surface area contributed by atoms with E-state index in [9.17, 15) is 43.5 Å². The quantitative estimate of drug-likeness (QED) is 0.0645. The minimum Gasteiger partial charge on any atom is -0.394 e. The summed E-state index contributed by atoms with van der Waals surface area (Å²) in [6.07, 6.45) is 2.13. The molecule has 0 aliphatic carbocycles. The summed E-state index contributed by atoms with van der Waals surface area (Å²) in [5, 5.41) is 22.1. The van der Waals surface area contributed by atoms with Crippen molar-refractivity contribution in [2.75, 3.05) is 19.7 Å². The number of rotatable bonds is 21. The molecular weight excluding hydrogens is 652 g/mol. The summed E-state index contributed by atoms with van der Waals surface area (Å²) in [5.74, 6) is -5.50. The number of aliphatic hydroxyl groups is 1. The van der Waals surface area contributed by atoms with Crippen LogP contribution in [0.2, 0.25) is 0 Å². The molecule has 1 fully saturated rings. The Morgan fingerprint density at radius 2 is 1.50 bits per heavy atom. The molecule has 17 nitrogen and oxygen atoms in total. The van der Waals surface area contributed by atoms with Gasteiger partial charge in [0, 0.05) is 25.9 Å². The van der Waals surface area contributed by atoms with Gasteiger partial charge in [0.25, 0.3) is 0 Å². The lowest BCUT2D eigenvalue weighted by atomic mass is 10.0. The van der Waals surface area contributed by atoms with Gasteiger partial charge in [-0.25, -0.2) is 0 Å². The normalized spacial score (nSPS) is 17.3. The molecule has 6 unspecified atom stereocenters. The number of aliphatic hydroxyl groups excluding tert-OH is 1. The highest BCUT2D eigenvalue weighted by molar-refractivity contribution is 5.96. The zero-order valence-corrected chi connectivity index (χ0v) is 28.6. The lowest BCUT2D eigenvalue weighted by Gasteiger charge is -2.31. The van der Waals surface area contributed by atoms with Crippen molar-refractivity contribution in [3.63, 3.8) is 0 Å². The van der Waals surface area contributed by atoms with Crippen molar-refractivity contribution in [2.45, 2.75) is 95.5 Å². The lowest BCUT2D eigenvalue weighted by Crippen LogP contribution is -2.59. The van der Waals surface area contributed by atoms with E-state index in [4.69, 9.17) is 11.5 Å². The number of carbonyl (C=O) groups excluding carboxylic acids is 8. The summed E-state index contributed by atoms with van der Waals surface area (Å²) < 4.78 is 0. The second-order valence-electron chi connectivity index (χ2n) is 12.6. The summed E-state index contributed by atoms with van der Waals surface area (Å²) in [7, 11) is 0. The summed E-state index contributed by atoms with van der Waals surface area (Å²) in [4.78, 5) is 101. The van der Waals surface area contributed by atoms with Gasteiger partial charge in [0.15, 0.2) is 0 Å². The van der Waals surface area contributed by atoms with Crippen LogP contribution in [-0.4, -0.2) is 114 Å². The number of nitrogens with two attached hydrogens (primary N) is 2. The van der Waals surface area contributed by atoms with Gasteiger partial charge in [0.2, 0.25) is 47.6 Å². The van der Waals surface area contributed by atoms with E-state index < -0.39 is 84.7 Å². The maximum Gasteiger partial charge on any atom is 0.245 e. The van der Waals surface area contributed by atoms with E-state index in [1.807, 2.05) is 41.5 Å². The van der Waals surface area contributed by atoms with E-state index >= 15 is 0 Å². The van der Waals surface area contributed by atoms with Crippen LogP contribution in [0, 0.1) is 5.92 Å².